The van der Waals surface area contributed by atoms with Crippen LogP contribution in [0.2, 0.25) is 0 Å². The van der Waals surface area contributed by atoms with Gasteiger partial charge in [-0.3, -0.25) is 4.79 Å². The van der Waals surface area contributed by atoms with Gasteiger partial charge in [-0.2, -0.15) is 5.10 Å². The average molecular weight is 393 g/mol. The standard InChI is InChI=1S/C19H19N7OS/c1-12-9-13(2)26(25-12)18-6-5-17(23-24-18)20-7-8-21-19(27)14-3-4-15-16(10-14)28-11-22-15/h3-6,9-11H,7-8H2,1-2H3,(H,20,23)(H,21,27). The van der Waals surface area contributed by atoms with Crippen LogP contribution < -0.4 is 10.6 Å². The fraction of sp³-hybridized carbons (Fsp3) is 0.211. The molecule has 0 radical (unpaired) electrons. The third-order valence-electron chi connectivity index (χ3n) is 4.19. The Hall–Kier alpha value is -3.33. The van der Waals surface area contributed by atoms with Gasteiger partial charge in [-0.25, -0.2) is 9.67 Å². The number of carbonyl (C=O) groups excluding carboxylic acids is 1. The van der Waals surface area contributed by atoms with Crippen molar-refractivity contribution in [3.63, 3.8) is 0 Å². The van der Waals surface area contributed by atoms with Gasteiger partial charge in [0.25, 0.3) is 5.91 Å². The molecule has 3 heterocycles. The van der Waals surface area contributed by atoms with Gasteiger partial charge in [-0.05, 0) is 50.2 Å². The highest BCUT2D eigenvalue weighted by Gasteiger charge is 2.08. The lowest BCUT2D eigenvalue weighted by Gasteiger charge is -2.08. The van der Waals surface area contributed by atoms with Crippen molar-refractivity contribution in [1.29, 1.82) is 0 Å². The molecule has 1 aromatic carbocycles. The van der Waals surface area contributed by atoms with E-state index >= 15 is 0 Å². The summed E-state index contributed by atoms with van der Waals surface area (Å²) in [7, 11) is 0. The SMILES string of the molecule is Cc1cc(C)n(-c2ccc(NCCNC(=O)c3ccc4ncsc4c3)nn2)n1. The van der Waals surface area contributed by atoms with E-state index in [0.717, 1.165) is 21.6 Å². The monoisotopic (exact) mass is 393 g/mol. The molecular formula is C19H19N7OS. The van der Waals surface area contributed by atoms with Crippen molar-refractivity contribution in [1.82, 2.24) is 30.3 Å². The van der Waals surface area contributed by atoms with Gasteiger partial charge in [0, 0.05) is 24.3 Å². The molecule has 0 aliphatic carbocycles. The van der Waals surface area contributed by atoms with Crippen LogP contribution in [-0.2, 0) is 0 Å². The minimum absolute atomic E-state index is 0.108. The van der Waals surface area contributed by atoms with Crippen LogP contribution in [0.15, 0.2) is 41.9 Å². The Labute approximate surface area is 165 Å². The predicted octanol–water partition coefficient (Wildman–Crippen LogP) is 2.73. The molecule has 0 aliphatic rings. The maximum absolute atomic E-state index is 12.3. The number of benzene rings is 1. The number of hydrogen-bond donors (Lipinski definition) is 2. The molecule has 0 fully saturated rings. The fourth-order valence-electron chi connectivity index (χ4n) is 2.86. The molecule has 0 saturated carbocycles. The number of fused-ring (bicyclic) bond motifs is 1. The molecule has 8 nitrogen and oxygen atoms in total. The second-order valence-electron chi connectivity index (χ2n) is 6.33. The van der Waals surface area contributed by atoms with Gasteiger partial charge >= 0.3 is 0 Å². The maximum Gasteiger partial charge on any atom is 0.251 e. The molecule has 28 heavy (non-hydrogen) atoms. The molecule has 0 bridgehead atoms. The van der Waals surface area contributed by atoms with E-state index < -0.39 is 0 Å². The van der Waals surface area contributed by atoms with Gasteiger partial charge in [-0.1, -0.05) is 0 Å². The summed E-state index contributed by atoms with van der Waals surface area (Å²) in [4.78, 5) is 16.5. The summed E-state index contributed by atoms with van der Waals surface area (Å²) >= 11 is 1.52. The van der Waals surface area contributed by atoms with Crippen LogP contribution in [0.5, 0.6) is 0 Å². The van der Waals surface area contributed by atoms with Crippen LogP contribution in [-0.4, -0.2) is 44.0 Å². The molecule has 4 aromatic rings. The maximum atomic E-state index is 12.3. The molecular weight excluding hydrogens is 374 g/mol. The van der Waals surface area contributed by atoms with Crippen molar-refractivity contribution in [3.8, 4) is 5.82 Å². The number of nitrogens with one attached hydrogen (secondary N) is 2. The van der Waals surface area contributed by atoms with E-state index in [1.807, 2.05) is 44.2 Å². The Bertz CT molecular complexity index is 1120. The third kappa shape index (κ3) is 3.84. The molecule has 3 aromatic heterocycles. The van der Waals surface area contributed by atoms with E-state index in [-0.39, 0.29) is 5.91 Å². The molecule has 4 rings (SSSR count). The molecule has 142 valence electrons. The van der Waals surface area contributed by atoms with E-state index in [1.54, 1.807) is 16.3 Å². The highest BCUT2D eigenvalue weighted by Crippen LogP contribution is 2.19. The van der Waals surface area contributed by atoms with Crippen molar-refractivity contribution in [2.75, 3.05) is 18.4 Å². The lowest BCUT2D eigenvalue weighted by Crippen LogP contribution is -2.28. The second kappa shape index (κ2) is 7.73. The summed E-state index contributed by atoms with van der Waals surface area (Å²) in [6, 6.07) is 11.2. The smallest absolute Gasteiger partial charge is 0.251 e. The molecule has 2 N–H and O–H groups in total. The van der Waals surface area contributed by atoms with Crippen LogP contribution in [0.25, 0.3) is 16.0 Å². The Balaban J connectivity index is 1.29. The topological polar surface area (TPSA) is 97.6 Å². The van der Waals surface area contributed by atoms with Crippen molar-refractivity contribution in [2.24, 2.45) is 0 Å². The van der Waals surface area contributed by atoms with Gasteiger partial charge in [0.1, 0.15) is 5.82 Å². The van der Waals surface area contributed by atoms with E-state index in [0.29, 0.717) is 30.3 Å². The number of nitrogens with zero attached hydrogens (tertiary/aromatic N) is 5. The fourth-order valence-corrected chi connectivity index (χ4v) is 3.57. The Kier molecular flexibility index (Phi) is 4.98. The largest absolute Gasteiger partial charge is 0.367 e. The summed E-state index contributed by atoms with van der Waals surface area (Å²) in [5, 5.41) is 18.8. The molecule has 0 aliphatic heterocycles. The number of hydrogen-bond acceptors (Lipinski definition) is 7. The normalized spacial score (nSPS) is 10.9. The number of thiazole rings is 1. The molecule has 9 heteroatoms. The van der Waals surface area contributed by atoms with Crippen molar-refractivity contribution in [3.05, 3.63) is 58.9 Å². The van der Waals surface area contributed by atoms with E-state index in [1.165, 1.54) is 11.3 Å². The van der Waals surface area contributed by atoms with Gasteiger partial charge in [0.2, 0.25) is 0 Å². The second-order valence-corrected chi connectivity index (χ2v) is 7.22. The summed E-state index contributed by atoms with van der Waals surface area (Å²) in [6.45, 7) is 4.93. The number of anilines is 1. The number of rotatable bonds is 6. The highest BCUT2D eigenvalue weighted by atomic mass is 32.1. The van der Waals surface area contributed by atoms with Gasteiger partial charge in [0.05, 0.1) is 21.4 Å². The third-order valence-corrected chi connectivity index (χ3v) is 4.98. The van der Waals surface area contributed by atoms with Crippen LogP contribution in [0.4, 0.5) is 5.82 Å². The van der Waals surface area contributed by atoms with E-state index in [2.05, 4.69) is 30.9 Å². The van der Waals surface area contributed by atoms with Crippen LogP contribution >= 0.6 is 11.3 Å². The summed E-state index contributed by atoms with van der Waals surface area (Å²) in [6.07, 6.45) is 0. The lowest BCUT2D eigenvalue weighted by molar-refractivity contribution is 0.0955. The van der Waals surface area contributed by atoms with Crippen LogP contribution in [0.1, 0.15) is 21.7 Å². The first-order chi connectivity index (χ1) is 13.6. The molecule has 0 spiro atoms. The summed E-state index contributed by atoms with van der Waals surface area (Å²) in [5.41, 5.74) is 5.26. The number of aryl methyl sites for hydroxylation is 2. The van der Waals surface area contributed by atoms with Crippen LogP contribution in [0.3, 0.4) is 0 Å². The number of carbonyl (C=O) groups is 1. The zero-order valence-electron chi connectivity index (χ0n) is 15.5. The molecule has 0 unspecified atom stereocenters. The van der Waals surface area contributed by atoms with Gasteiger partial charge in [-0.15, -0.1) is 21.5 Å². The predicted molar refractivity (Wildman–Crippen MR) is 109 cm³/mol. The quantitative estimate of drug-likeness (QED) is 0.489. The molecule has 0 saturated heterocycles. The first-order valence-electron chi connectivity index (χ1n) is 8.83. The zero-order valence-corrected chi connectivity index (χ0v) is 16.3. The van der Waals surface area contributed by atoms with Gasteiger partial charge < -0.3 is 10.6 Å². The Morgan fingerprint density at radius 3 is 2.75 bits per heavy atom. The number of aromatic nitrogens is 5. The minimum atomic E-state index is -0.108. The van der Waals surface area contributed by atoms with E-state index in [9.17, 15) is 4.79 Å². The highest BCUT2D eigenvalue weighted by molar-refractivity contribution is 7.16. The molecule has 0 atom stereocenters. The lowest BCUT2D eigenvalue weighted by atomic mass is 10.2. The van der Waals surface area contributed by atoms with Crippen LogP contribution in [0, 0.1) is 13.8 Å². The Morgan fingerprint density at radius 1 is 1.11 bits per heavy atom. The van der Waals surface area contributed by atoms with E-state index in [4.69, 9.17) is 0 Å². The summed E-state index contributed by atoms with van der Waals surface area (Å²) < 4.78 is 2.76. The average Bonchev–Trinajstić information content (AvgIpc) is 3.30. The minimum Gasteiger partial charge on any atom is -0.367 e. The van der Waals surface area contributed by atoms with Crippen molar-refractivity contribution in [2.45, 2.75) is 13.8 Å². The Morgan fingerprint density at radius 2 is 2.00 bits per heavy atom. The number of amides is 1. The first-order valence-corrected chi connectivity index (χ1v) is 9.71. The van der Waals surface area contributed by atoms with Crippen molar-refractivity contribution >= 4 is 33.3 Å². The first kappa shape index (κ1) is 18.1. The van der Waals surface area contributed by atoms with Gasteiger partial charge in [0.15, 0.2) is 5.82 Å². The van der Waals surface area contributed by atoms with Crippen molar-refractivity contribution < 1.29 is 4.79 Å². The molecule has 1 amide bonds. The zero-order chi connectivity index (χ0) is 19.5. The summed E-state index contributed by atoms with van der Waals surface area (Å²) in [5.74, 6) is 1.21.